The summed E-state index contributed by atoms with van der Waals surface area (Å²) in [6.45, 7) is 7.18. The van der Waals surface area contributed by atoms with Gasteiger partial charge in [0.25, 0.3) is 0 Å². The molecular formula is C22H26ClN3O3. The molecule has 0 aliphatic carbocycles. The average Bonchev–Trinajstić information content (AvgIpc) is 2.62. The molecule has 0 aromatic heterocycles. The number of carbonyl (C=O) groups excluding carboxylic acids is 1. The number of nitrogens with one attached hydrogen (secondary N) is 1. The topological polar surface area (TPSA) is 99.6 Å². The highest BCUT2D eigenvalue weighted by atomic mass is 35.5. The molecule has 1 atom stereocenters. The number of hydrogen-bond acceptors (Lipinski definition) is 6. The highest BCUT2D eigenvalue weighted by Gasteiger charge is 2.41. The Kier molecular flexibility index (Phi) is 5.52. The van der Waals surface area contributed by atoms with Gasteiger partial charge in [0, 0.05) is 11.4 Å². The van der Waals surface area contributed by atoms with Gasteiger partial charge in [0.1, 0.15) is 22.7 Å². The minimum Gasteiger partial charge on any atom is -0.458 e. The number of carbonyl (C=O) groups is 1. The minimum atomic E-state index is -1.46. The van der Waals surface area contributed by atoms with Crippen molar-refractivity contribution in [3.8, 4) is 5.75 Å². The van der Waals surface area contributed by atoms with Crippen LogP contribution < -0.4 is 21.5 Å². The number of rotatable bonds is 4. The third kappa shape index (κ3) is 4.49. The SMILES string of the molecule is CC1=C(N)Nc2cc(C(N)(Cc3ccccc3Cl)C(=O)OC(C)(C)C)ccc2O1. The number of nitrogens with two attached hydrogens (primary N) is 2. The second kappa shape index (κ2) is 7.61. The zero-order valence-corrected chi connectivity index (χ0v) is 17.8. The Labute approximate surface area is 175 Å². The Hall–Kier alpha value is -2.70. The number of fused-ring (bicyclic) bond motifs is 1. The lowest BCUT2D eigenvalue weighted by atomic mass is 9.84. The van der Waals surface area contributed by atoms with Crippen molar-refractivity contribution in [3.05, 3.63) is 70.2 Å². The number of esters is 1. The van der Waals surface area contributed by atoms with Gasteiger partial charge in [-0.2, -0.15) is 0 Å². The van der Waals surface area contributed by atoms with E-state index in [4.69, 9.17) is 32.5 Å². The van der Waals surface area contributed by atoms with E-state index in [1.807, 2.05) is 18.2 Å². The molecule has 6 nitrogen and oxygen atoms in total. The minimum absolute atomic E-state index is 0.172. The third-order valence-corrected chi connectivity index (χ3v) is 4.97. The van der Waals surface area contributed by atoms with Crippen LogP contribution in [0.5, 0.6) is 5.75 Å². The van der Waals surface area contributed by atoms with Crippen molar-refractivity contribution < 1.29 is 14.3 Å². The van der Waals surface area contributed by atoms with Crippen LogP contribution in [0, 0.1) is 0 Å². The monoisotopic (exact) mass is 415 g/mol. The summed E-state index contributed by atoms with van der Waals surface area (Å²) in [5.74, 6) is 1.04. The lowest BCUT2D eigenvalue weighted by Gasteiger charge is -2.33. The average molecular weight is 416 g/mol. The standard InChI is InChI=1S/C22H26ClN3O3/c1-13-19(24)26-17-11-15(9-10-18(17)28-13)22(25,20(27)29-21(2,3)4)12-14-7-5-6-8-16(14)23/h5-11,26H,12,24-25H2,1-4H3. The fraction of sp³-hybridized carbons (Fsp3) is 0.318. The van der Waals surface area contributed by atoms with Crippen LogP contribution >= 0.6 is 11.6 Å². The van der Waals surface area contributed by atoms with E-state index in [1.165, 1.54) is 0 Å². The Bertz CT molecular complexity index is 982. The fourth-order valence-corrected chi connectivity index (χ4v) is 3.25. The summed E-state index contributed by atoms with van der Waals surface area (Å²) in [7, 11) is 0. The Balaban J connectivity index is 2.06. The predicted molar refractivity (Wildman–Crippen MR) is 114 cm³/mol. The number of ether oxygens (including phenoxy) is 2. The second-order valence-electron chi connectivity index (χ2n) is 8.15. The van der Waals surface area contributed by atoms with Crippen molar-refractivity contribution >= 4 is 23.3 Å². The summed E-state index contributed by atoms with van der Waals surface area (Å²) >= 11 is 6.34. The number of hydrogen-bond donors (Lipinski definition) is 3. The van der Waals surface area contributed by atoms with Gasteiger partial charge in [-0.05, 0) is 57.0 Å². The molecule has 0 bridgehead atoms. The van der Waals surface area contributed by atoms with Crippen LogP contribution in [-0.2, 0) is 21.5 Å². The zero-order valence-electron chi connectivity index (χ0n) is 17.0. The van der Waals surface area contributed by atoms with E-state index in [2.05, 4.69) is 5.32 Å². The maximum Gasteiger partial charge on any atom is 0.331 e. The van der Waals surface area contributed by atoms with Crippen molar-refractivity contribution in [2.75, 3.05) is 5.32 Å². The number of allylic oxidation sites excluding steroid dienone is 1. The Morgan fingerprint density at radius 2 is 1.90 bits per heavy atom. The van der Waals surface area contributed by atoms with Crippen LogP contribution in [0.4, 0.5) is 5.69 Å². The molecule has 0 spiro atoms. The van der Waals surface area contributed by atoms with E-state index in [0.29, 0.717) is 33.6 Å². The smallest absolute Gasteiger partial charge is 0.331 e. The number of anilines is 1. The summed E-state index contributed by atoms with van der Waals surface area (Å²) in [5, 5.41) is 3.62. The van der Waals surface area contributed by atoms with Gasteiger partial charge in [-0.15, -0.1) is 0 Å². The normalized spacial score (nSPS) is 15.7. The Morgan fingerprint density at radius 1 is 1.21 bits per heavy atom. The molecule has 1 unspecified atom stereocenters. The second-order valence-corrected chi connectivity index (χ2v) is 8.56. The summed E-state index contributed by atoms with van der Waals surface area (Å²) in [6, 6.07) is 12.6. The molecule has 1 aliphatic rings. The van der Waals surface area contributed by atoms with Gasteiger partial charge in [-0.25, -0.2) is 4.79 Å². The highest BCUT2D eigenvalue weighted by molar-refractivity contribution is 6.31. The fourth-order valence-electron chi connectivity index (χ4n) is 3.05. The van der Waals surface area contributed by atoms with Crippen LogP contribution in [0.25, 0.3) is 0 Å². The van der Waals surface area contributed by atoms with E-state index in [0.717, 1.165) is 5.56 Å². The van der Waals surface area contributed by atoms with E-state index in [9.17, 15) is 4.79 Å². The van der Waals surface area contributed by atoms with Crippen molar-refractivity contribution in [2.24, 2.45) is 11.5 Å². The van der Waals surface area contributed by atoms with Gasteiger partial charge in [-0.3, -0.25) is 0 Å². The summed E-state index contributed by atoms with van der Waals surface area (Å²) in [5.41, 5.74) is 12.5. The van der Waals surface area contributed by atoms with Crippen molar-refractivity contribution in [1.29, 1.82) is 0 Å². The molecule has 29 heavy (non-hydrogen) atoms. The molecule has 0 saturated carbocycles. The van der Waals surface area contributed by atoms with E-state index >= 15 is 0 Å². The van der Waals surface area contributed by atoms with Gasteiger partial charge in [0.2, 0.25) is 0 Å². The Morgan fingerprint density at radius 3 is 2.55 bits per heavy atom. The molecule has 1 heterocycles. The van der Waals surface area contributed by atoms with Gasteiger partial charge in [-0.1, -0.05) is 35.9 Å². The quantitative estimate of drug-likeness (QED) is 0.652. The first kappa shape index (κ1) is 21.0. The van der Waals surface area contributed by atoms with Crippen LogP contribution in [-0.4, -0.2) is 11.6 Å². The van der Waals surface area contributed by atoms with Crippen molar-refractivity contribution in [2.45, 2.75) is 45.3 Å². The molecule has 0 amide bonds. The molecule has 1 aliphatic heterocycles. The summed E-state index contributed by atoms with van der Waals surface area (Å²) < 4.78 is 11.4. The molecule has 3 rings (SSSR count). The number of benzene rings is 2. The summed E-state index contributed by atoms with van der Waals surface area (Å²) in [4.78, 5) is 13.2. The first-order valence-corrected chi connectivity index (χ1v) is 9.69. The molecule has 5 N–H and O–H groups in total. The van der Waals surface area contributed by atoms with Crippen LogP contribution in [0.2, 0.25) is 5.02 Å². The maximum atomic E-state index is 13.2. The van der Waals surface area contributed by atoms with Gasteiger partial charge >= 0.3 is 5.97 Å². The first-order chi connectivity index (χ1) is 13.5. The van der Waals surface area contributed by atoms with Gasteiger partial charge in [0.15, 0.2) is 5.75 Å². The third-order valence-electron chi connectivity index (χ3n) is 4.60. The van der Waals surface area contributed by atoms with E-state index in [-0.39, 0.29) is 6.42 Å². The predicted octanol–water partition coefficient (Wildman–Crippen LogP) is 4.03. The van der Waals surface area contributed by atoms with Crippen LogP contribution in [0.1, 0.15) is 38.8 Å². The van der Waals surface area contributed by atoms with E-state index < -0.39 is 17.1 Å². The molecule has 7 heteroatoms. The molecule has 0 saturated heterocycles. The largest absolute Gasteiger partial charge is 0.458 e. The molecule has 0 radical (unpaired) electrons. The molecule has 154 valence electrons. The molecule has 2 aromatic carbocycles. The van der Waals surface area contributed by atoms with Gasteiger partial charge in [0.05, 0.1) is 5.69 Å². The molecule has 0 fully saturated rings. The molecular weight excluding hydrogens is 390 g/mol. The maximum absolute atomic E-state index is 13.2. The van der Waals surface area contributed by atoms with Gasteiger partial charge < -0.3 is 26.3 Å². The lowest BCUT2D eigenvalue weighted by molar-refractivity contribution is -0.162. The highest BCUT2D eigenvalue weighted by Crippen LogP contribution is 2.37. The summed E-state index contributed by atoms with van der Waals surface area (Å²) in [6.07, 6.45) is 0.172. The van der Waals surface area contributed by atoms with Crippen LogP contribution in [0.15, 0.2) is 54.0 Å². The van der Waals surface area contributed by atoms with Crippen molar-refractivity contribution in [3.63, 3.8) is 0 Å². The number of halogens is 1. The first-order valence-electron chi connectivity index (χ1n) is 9.31. The zero-order chi connectivity index (χ0) is 21.4. The lowest BCUT2D eigenvalue weighted by Crippen LogP contribution is -2.50. The van der Waals surface area contributed by atoms with Crippen molar-refractivity contribution in [1.82, 2.24) is 0 Å². The van der Waals surface area contributed by atoms with E-state index in [1.54, 1.807) is 52.0 Å². The van der Waals surface area contributed by atoms with Crippen LogP contribution in [0.3, 0.4) is 0 Å². The molecule has 2 aromatic rings.